The highest BCUT2D eigenvalue weighted by Crippen LogP contribution is 2.23. The Kier molecular flexibility index (Phi) is 4.34. The van der Waals surface area contributed by atoms with Gasteiger partial charge < -0.3 is 10.2 Å². The number of hydrogen-bond donors (Lipinski definition) is 1. The molecule has 21 heavy (non-hydrogen) atoms. The number of nitrogens with zero attached hydrogens (tertiary/aromatic N) is 4. The summed E-state index contributed by atoms with van der Waals surface area (Å²) >= 11 is 3.45. The lowest BCUT2D eigenvalue weighted by Crippen LogP contribution is -2.22. The van der Waals surface area contributed by atoms with Crippen molar-refractivity contribution in [2.45, 2.75) is 19.8 Å². The zero-order valence-electron chi connectivity index (χ0n) is 12.0. The number of anilines is 2. The standard InChI is InChI=1S/C15H18BrN5/c1-2-17-14-18-13(11-5-7-12(16)8-6-11)19-15(20-14)21-9-3-4-10-21/h5-8H,2-4,9-10H2,1H3,(H,17,18,19,20). The lowest BCUT2D eigenvalue weighted by Gasteiger charge is -2.16. The molecule has 0 spiro atoms. The van der Waals surface area contributed by atoms with Crippen LogP contribution in [-0.4, -0.2) is 34.6 Å². The molecule has 2 aromatic rings. The van der Waals surface area contributed by atoms with Gasteiger partial charge in [0.25, 0.3) is 0 Å². The molecule has 3 rings (SSSR count). The van der Waals surface area contributed by atoms with Crippen molar-refractivity contribution in [2.75, 3.05) is 29.9 Å². The van der Waals surface area contributed by atoms with E-state index in [4.69, 9.17) is 0 Å². The molecule has 1 saturated heterocycles. The molecule has 1 aliphatic rings. The molecule has 5 nitrogen and oxygen atoms in total. The van der Waals surface area contributed by atoms with Crippen molar-refractivity contribution in [1.82, 2.24) is 15.0 Å². The maximum atomic E-state index is 4.65. The molecule has 1 fully saturated rings. The van der Waals surface area contributed by atoms with E-state index in [1.165, 1.54) is 12.8 Å². The Morgan fingerprint density at radius 2 is 1.81 bits per heavy atom. The summed E-state index contributed by atoms with van der Waals surface area (Å²) in [5, 5.41) is 3.19. The first kappa shape index (κ1) is 14.3. The van der Waals surface area contributed by atoms with E-state index in [9.17, 15) is 0 Å². The molecule has 0 atom stereocenters. The van der Waals surface area contributed by atoms with Crippen molar-refractivity contribution < 1.29 is 0 Å². The van der Waals surface area contributed by atoms with Crippen LogP contribution in [0.5, 0.6) is 0 Å². The molecule has 0 radical (unpaired) electrons. The summed E-state index contributed by atoms with van der Waals surface area (Å²) in [6.07, 6.45) is 2.41. The van der Waals surface area contributed by atoms with Gasteiger partial charge in [0, 0.05) is 29.7 Å². The molecule has 1 aromatic carbocycles. The van der Waals surface area contributed by atoms with Gasteiger partial charge in [0.15, 0.2) is 5.82 Å². The lowest BCUT2D eigenvalue weighted by atomic mass is 10.2. The van der Waals surface area contributed by atoms with Crippen LogP contribution in [0, 0.1) is 0 Å². The van der Waals surface area contributed by atoms with Gasteiger partial charge in [-0.1, -0.05) is 28.1 Å². The van der Waals surface area contributed by atoms with Crippen LogP contribution < -0.4 is 10.2 Å². The Bertz CT molecular complexity index is 608. The number of rotatable bonds is 4. The van der Waals surface area contributed by atoms with Gasteiger partial charge in [-0.15, -0.1) is 0 Å². The normalized spacial score (nSPS) is 14.5. The van der Waals surface area contributed by atoms with Crippen LogP contribution >= 0.6 is 15.9 Å². The molecule has 0 aliphatic carbocycles. The van der Waals surface area contributed by atoms with Gasteiger partial charge in [-0.25, -0.2) is 0 Å². The van der Waals surface area contributed by atoms with Crippen molar-refractivity contribution in [3.8, 4) is 11.4 Å². The third-order valence-electron chi connectivity index (χ3n) is 3.45. The van der Waals surface area contributed by atoms with Crippen molar-refractivity contribution >= 4 is 27.8 Å². The molecule has 0 saturated carbocycles. The Morgan fingerprint density at radius 1 is 1.10 bits per heavy atom. The van der Waals surface area contributed by atoms with Crippen LogP contribution in [0.1, 0.15) is 19.8 Å². The highest BCUT2D eigenvalue weighted by molar-refractivity contribution is 9.10. The fourth-order valence-corrected chi connectivity index (χ4v) is 2.65. The molecule has 110 valence electrons. The van der Waals surface area contributed by atoms with Crippen LogP contribution in [0.25, 0.3) is 11.4 Å². The predicted octanol–water partition coefficient (Wildman–Crippen LogP) is 3.33. The topological polar surface area (TPSA) is 53.9 Å². The van der Waals surface area contributed by atoms with E-state index in [0.717, 1.165) is 41.4 Å². The second-order valence-electron chi connectivity index (χ2n) is 5.01. The van der Waals surface area contributed by atoms with E-state index < -0.39 is 0 Å². The Hall–Kier alpha value is -1.69. The minimum atomic E-state index is 0.646. The number of aromatic nitrogens is 3. The van der Waals surface area contributed by atoms with E-state index in [1.54, 1.807) is 0 Å². The lowest BCUT2D eigenvalue weighted by molar-refractivity contribution is 0.881. The van der Waals surface area contributed by atoms with Gasteiger partial charge in [-0.2, -0.15) is 15.0 Å². The number of halogens is 1. The minimum Gasteiger partial charge on any atom is -0.354 e. The first-order chi connectivity index (χ1) is 10.3. The highest BCUT2D eigenvalue weighted by Gasteiger charge is 2.17. The zero-order valence-corrected chi connectivity index (χ0v) is 13.6. The fourth-order valence-electron chi connectivity index (χ4n) is 2.39. The van der Waals surface area contributed by atoms with Crippen molar-refractivity contribution in [2.24, 2.45) is 0 Å². The summed E-state index contributed by atoms with van der Waals surface area (Å²) in [6, 6.07) is 8.04. The molecule has 2 heterocycles. The Balaban J connectivity index is 1.99. The molecule has 1 aliphatic heterocycles. The summed E-state index contributed by atoms with van der Waals surface area (Å²) in [5.74, 6) is 2.14. The molecule has 1 aromatic heterocycles. The summed E-state index contributed by atoms with van der Waals surface area (Å²) in [6.45, 7) is 4.88. The van der Waals surface area contributed by atoms with Crippen molar-refractivity contribution in [3.63, 3.8) is 0 Å². The van der Waals surface area contributed by atoms with E-state index in [2.05, 4.69) is 41.1 Å². The predicted molar refractivity (Wildman–Crippen MR) is 88.6 cm³/mol. The van der Waals surface area contributed by atoms with Gasteiger partial charge >= 0.3 is 0 Å². The van der Waals surface area contributed by atoms with Crippen LogP contribution in [0.3, 0.4) is 0 Å². The Labute approximate surface area is 133 Å². The highest BCUT2D eigenvalue weighted by atomic mass is 79.9. The minimum absolute atomic E-state index is 0.646. The second kappa shape index (κ2) is 6.39. The number of nitrogens with one attached hydrogen (secondary N) is 1. The SMILES string of the molecule is CCNc1nc(-c2ccc(Br)cc2)nc(N2CCCC2)n1. The van der Waals surface area contributed by atoms with E-state index >= 15 is 0 Å². The van der Waals surface area contributed by atoms with E-state index in [1.807, 2.05) is 31.2 Å². The molecular weight excluding hydrogens is 330 g/mol. The first-order valence-corrected chi connectivity index (χ1v) is 8.06. The van der Waals surface area contributed by atoms with E-state index in [0.29, 0.717) is 5.95 Å². The summed E-state index contributed by atoms with van der Waals surface area (Å²) in [5.41, 5.74) is 1.00. The smallest absolute Gasteiger partial charge is 0.230 e. The molecular formula is C15H18BrN5. The average Bonchev–Trinajstić information content (AvgIpc) is 3.02. The number of hydrogen-bond acceptors (Lipinski definition) is 5. The largest absolute Gasteiger partial charge is 0.354 e. The number of benzene rings is 1. The summed E-state index contributed by atoms with van der Waals surface area (Å²) in [4.78, 5) is 15.9. The zero-order chi connectivity index (χ0) is 14.7. The van der Waals surface area contributed by atoms with Crippen molar-refractivity contribution in [3.05, 3.63) is 28.7 Å². The van der Waals surface area contributed by atoms with Gasteiger partial charge in [0.05, 0.1) is 0 Å². The van der Waals surface area contributed by atoms with Gasteiger partial charge in [-0.3, -0.25) is 0 Å². The van der Waals surface area contributed by atoms with Crippen LogP contribution in [0.2, 0.25) is 0 Å². The monoisotopic (exact) mass is 347 g/mol. The van der Waals surface area contributed by atoms with Gasteiger partial charge in [0.1, 0.15) is 0 Å². The van der Waals surface area contributed by atoms with E-state index in [-0.39, 0.29) is 0 Å². The Morgan fingerprint density at radius 3 is 2.48 bits per heavy atom. The summed E-state index contributed by atoms with van der Waals surface area (Å²) < 4.78 is 1.05. The first-order valence-electron chi connectivity index (χ1n) is 7.27. The average molecular weight is 348 g/mol. The molecule has 1 N–H and O–H groups in total. The third kappa shape index (κ3) is 3.32. The summed E-state index contributed by atoms with van der Waals surface area (Å²) in [7, 11) is 0. The van der Waals surface area contributed by atoms with Gasteiger partial charge in [-0.05, 0) is 31.9 Å². The third-order valence-corrected chi connectivity index (χ3v) is 3.98. The maximum Gasteiger partial charge on any atom is 0.230 e. The maximum absolute atomic E-state index is 4.65. The molecule has 6 heteroatoms. The van der Waals surface area contributed by atoms with Crippen molar-refractivity contribution in [1.29, 1.82) is 0 Å². The van der Waals surface area contributed by atoms with Gasteiger partial charge in [0.2, 0.25) is 11.9 Å². The second-order valence-corrected chi connectivity index (χ2v) is 5.93. The molecule has 0 unspecified atom stereocenters. The fraction of sp³-hybridized carbons (Fsp3) is 0.400. The quantitative estimate of drug-likeness (QED) is 0.919. The van der Waals surface area contributed by atoms with Crippen LogP contribution in [0.15, 0.2) is 28.7 Å². The van der Waals surface area contributed by atoms with Crippen LogP contribution in [0.4, 0.5) is 11.9 Å². The van der Waals surface area contributed by atoms with Crippen LogP contribution in [-0.2, 0) is 0 Å². The molecule has 0 amide bonds. The molecule has 0 bridgehead atoms.